The van der Waals surface area contributed by atoms with E-state index in [-0.39, 0.29) is 11.3 Å². The Bertz CT molecular complexity index is 1540. The summed E-state index contributed by atoms with van der Waals surface area (Å²) in [5.74, 6) is 1.10. The van der Waals surface area contributed by atoms with Crippen molar-refractivity contribution < 1.29 is 4.79 Å². The van der Waals surface area contributed by atoms with Crippen LogP contribution in [-0.2, 0) is 5.41 Å². The van der Waals surface area contributed by atoms with Crippen LogP contribution in [0.1, 0.15) is 68.9 Å². The smallest absolute Gasteiger partial charge is 0.255 e. The van der Waals surface area contributed by atoms with Crippen LogP contribution in [0.3, 0.4) is 0 Å². The lowest BCUT2D eigenvalue weighted by atomic mass is 9.85. The standard InChI is InChI=1S/C31H38N8O.C2H6/c1-7-38-10-12-39(13-11-38)25-15-22(14-23(16-25)31(4,5)6)30(40)36-24-9-8-20(2)26(17-24)37-29-28-27(33-19-34-29)18-32-21(3)35-28;1-2/h8-9,14-19H,7,10-13H2,1-6H3,(H,36,40)(H,33,34,37);1-2H3. The average molecular weight is 569 g/mol. The largest absolute Gasteiger partial charge is 0.369 e. The normalized spacial score (nSPS) is 13.9. The van der Waals surface area contributed by atoms with Crippen molar-refractivity contribution in [2.75, 3.05) is 48.3 Å². The van der Waals surface area contributed by atoms with Gasteiger partial charge in [0.05, 0.1) is 6.20 Å². The third-order valence-electron chi connectivity index (χ3n) is 7.48. The minimum absolute atomic E-state index is 0.0839. The van der Waals surface area contributed by atoms with Gasteiger partial charge in [-0.25, -0.2) is 19.9 Å². The molecule has 222 valence electrons. The quantitative estimate of drug-likeness (QED) is 0.272. The molecule has 0 bridgehead atoms. The van der Waals surface area contributed by atoms with Crippen molar-refractivity contribution in [3.05, 3.63) is 71.4 Å². The van der Waals surface area contributed by atoms with Crippen LogP contribution in [0.2, 0.25) is 0 Å². The van der Waals surface area contributed by atoms with Gasteiger partial charge in [0.2, 0.25) is 0 Å². The lowest BCUT2D eigenvalue weighted by molar-refractivity contribution is 0.102. The molecule has 42 heavy (non-hydrogen) atoms. The molecule has 1 amide bonds. The molecular weight excluding hydrogens is 524 g/mol. The minimum atomic E-state index is -0.134. The maximum Gasteiger partial charge on any atom is 0.255 e. The number of hydrogen-bond acceptors (Lipinski definition) is 8. The molecule has 2 N–H and O–H groups in total. The van der Waals surface area contributed by atoms with E-state index in [1.165, 1.54) is 6.33 Å². The first kappa shape index (κ1) is 30.8. The van der Waals surface area contributed by atoms with Crippen molar-refractivity contribution in [3.63, 3.8) is 0 Å². The third kappa shape index (κ3) is 7.20. The number of anilines is 4. The van der Waals surface area contributed by atoms with Gasteiger partial charge in [-0.05, 0) is 67.3 Å². The van der Waals surface area contributed by atoms with E-state index in [1.54, 1.807) is 6.20 Å². The van der Waals surface area contributed by atoms with Crippen LogP contribution in [0.4, 0.5) is 22.9 Å². The van der Waals surface area contributed by atoms with Gasteiger partial charge < -0.3 is 20.4 Å². The van der Waals surface area contributed by atoms with Crippen LogP contribution >= 0.6 is 0 Å². The highest BCUT2D eigenvalue weighted by Gasteiger charge is 2.22. The zero-order valence-corrected chi connectivity index (χ0v) is 26.2. The number of carbonyl (C=O) groups is 1. The molecule has 1 saturated heterocycles. The van der Waals surface area contributed by atoms with Crippen molar-refractivity contribution in [1.82, 2.24) is 24.8 Å². The van der Waals surface area contributed by atoms with Crippen LogP contribution in [0.15, 0.2) is 48.9 Å². The Hall–Kier alpha value is -4.11. The van der Waals surface area contributed by atoms with Gasteiger partial charge in [0.15, 0.2) is 5.82 Å². The van der Waals surface area contributed by atoms with Crippen molar-refractivity contribution in [1.29, 1.82) is 0 Å². The van der Waals surface area contributed by atoms with E-state index in [0.29, 0.717) is 33.9 Å². The summed E-state index contributed by atoms with van der Waals surface area (Å²) < 4.78 is 0. The summed E-state index contributed by atoms with van der Waals surface area (Å²) in [5.41, 5.74) is 6.67. The number of aryl methyl sites for hydroxylation is 2. The fourth-order valence-electron chi connectivity index (χ4n) is 4.88. The first-order valence-corrected chi connectivity index (χ1v) is 14.9. The van der Waals surface area contributed by atoms with Gasteiger partial charge in [-0.2, -0.15) is 0 Å². The van der Waals surface area contributed by atoms with E-state index in [9.17, 15) is 4.79 Å². The Morgan fingerprint density at radius 1 is 0.952 bits per heavy atom. The Labute approximate surface area is 249 Å². The molecule has 0 radical (unpaired) electrons. The lowest BCUT2D eigenvalue weighted by Crippen LogP contribution is -2.46. The Kier molecular flexibility index (Phi) is 9.73. The summed E-state index contributed by atoms with van der Waals surface area (Å²) in [5, 5.41) is 6.50. The second-order valence-electron chi connectivity index (χ2n) is 11.4. The second-order valence-corrected chi connectivity index (χ2v) is 11.4. The summed E-state index contributed by atoms with van der Waals surface area (Å²) in [4.78, 5) is 35.9. The van der Waals surface area contributed by atoms with Crippen molar-refractivity contribution in [2.45, 2.75) is 60.8 Å². The number of rotatable bonds is 6. The van der Waals surface area contributed by atoms with Crippen molar-refractivity contribution >= 4 is 39.8 Å². The van der Waals surface area contributed by atoms with Crippen LogP contribution in [0, 0.1) is 13.8 Å². The zero-order valence-electron chi connectivity index (χ0n) is 26.2. The summed E-state index contributed by atoms with van der Waals surface area (Å²) in [6.07, 6.45) is 3.18. The van der Waals surface area contributed by atoms with Crippen molar-refractivity contribution in [2.24, 2.45) is 0 Å². The molecule has 0 aliphatic carbocycles. The number of carbonyl (C=O) groups excluding carboxylic acids is 1. The number of amides is 1. The Balaban J connectivity index is 0.00000198. The molecule has 1 aliphatic heterocycles. The number of aromatic nitrogens is 4. The number of likely N-dealkylation sites (N-methyl/N-ethyl adjacent to an activating group) is 1. The lowest BCUT2D eigenvalue weighted by Gasteiger charge is -2.36. The van der Waals surface area contributed by atoms with E-state index in [0.717, 1.165) is 55.2 Å². The molecule has 0 saturated carbocycles. The summed E-state index contributed by atoms with van der Waals surface area (Å²) in [6.45, 7) is 21.6. The predicted octanol–water partition coefficient (Wildman–Crippen LogP) is 6.50. The van der Waals surface area contributed by atoms with Crippen LogP contribution in [0.25, 0.3) is 11.0 Å². The highest BCUT2D eigenvalue weighted by atomic mass is 16.1. The molecule has 4 aromatic rings. The third-order valence-corrected chi connectivity index (χ3v) is 7.48. The Morgan fingerprint density at radius 3 is 2.38 bits per heavy atom. The fourth-order valence-corrected chi connectivity index (χ4v) is 4.88. The molecule has 2 aromatic heterocycles. The molecule has 1 aliphatic rings. The number of piperazine rings is 1. The molecule has 5 rings (SSSR count). The maximum atomic E-state index is 13.6. The second kappa shape index (κ2) is 13.2. The molecule has 0 atom stereocenters. The highest BCUT2D eigenvalue weighted by molar-refractivity contribution is 6.05. The zero-order chi connectivity index (χ0) is 30.4. The van der Waals surface area contributed by atoms with E-state index < -0.39 is 0 Å². The average Bonchev–Trinajstić information content (AvgIpc) is 2.99. The minimum Gasteiger partial charge on any atom is -0.369 e. The van der Waals surface area contributed by atoms with Crippen molar-refractivity contribution in [3.8, 4) is 0 Å². The fraction of sp³-hybridized carbons (Fsp3) is 0.424. The molecule has 9 heteroatoms. The van der Waals surface area contributed by atoms with Gasteiger partial charge in [0.25, 0.3) is 5.91 Å². The van der Waals surface area contributed by atoms with Gasteiger partial charge in [-0.15, -0.1) is 0 Å². The van der Waals surface area contributed by atoms with Gasteiger partial charge in [-0.3, -0.25) is 4.79 Å². The highest BCUT2D eigenvalue weighted by Crippen LogP contribution is 2.30. The van der Waals surface area contributed by atoms with Gasteiger partial charge in [-0.1, -0.05) is 47.6 Å². The molecule has 3 heterocycles. The van der Waals surface area contributed by atoms with Crippen LogP contribution in [-0.4, -0.2) is 63.5 Å². The van der Waals surface area contributed by atoms with E-state index in [2.05, 4.69) is 74.1 Å². The summed E-state index contributed by atoms with van der Waals surface area (Å²) >= 11 is 0. The van der Waals surface area contributed by atoms with Gasteiger partial charge >= 0.3 is 0 Å². The van der Waals surface area contributed by atoms with Gasteiger partial charge in [0.1, 0.15) is 23.2 Å². The van der Waals surface area contributed by atoms with E-state index in [4.69, 9.17) is 0 Å². The monoisotopic (exact) mass is 568 g/mol. The van der Waals surface area contributed by atoms with Crippen LogP contribution < -0.4 is 15.5 Å². The maximum absolute atomic E-state index is 13.6. The first-order valence-electron chi connectivity index (χ1n) is 14.9. The molecule has 2 aromatic carbocycles. The number of nitrogens with zero attached hydrogens (tertiary/aromatic N) is 6. The molecule has 1 fully saturated rings. The van der Waals surface area contributed by atoms with Gasteiger partial charge in [0, 0.05) is 48.8 Å². The van der Waals surface area contributed by atoms with E-state index in [1.807, 2.05) is 58.0 Å². The molecular formula is C33H44N8O. The molecule has 0 spiro atoms. The summed E-state index contributed by atoms with van der Waals surface area (Å²) in [7, 11) is 0. The van der Waals surface area contributed by atoms with E-state index >= 15 is 0 Å². The number of fused-ring (bicyclic) bond motifs is 1. The predicted molar refractivity (Wildman–Crippen MR) is 173 cm³/mol. The SMILES string of the molecule is CC.CCN1CCN(c2cc(C(=O)Nc3ccc(C)c(Nc4ncnc5cnc(C)nc45)c3)cc(C(C)(C)C)c2)CC1. The first-order chi connectivity index (χ1) is 20.1. The molecule has 9 nitrogen and oxygen atoms in total. The number of benzene rings is 2. The number of nitrogens with one attached hydrogen (secondary N) is 2. The number of hydrogen-bond donors (Lipinski definition) is 2. The topological polar surface area (TPSA) is 99.2 Å². The Morgan fingerprint density at radius 2 is 1.69 bits per heavy atom. The van der Waals surface area contributed by atoms with Crippen LogP contribution in [0.5, 0.6) is 0 Å². The molecule has 0 unspecified atom stereocenters. The summed E-state index contributed by atoms with van der Waals surface area (Å²) in [6, 6.07) is 12.1.